The van der Waals surface area contributed by atoms with Gasteiger partial charge in [0.05, 0.1) is 7.11 Å². The van der Waals surface area contributed by atoms with E-state index in [1.165, 1.54) is 7.11 Å². The minimum atomic E-state index is -1.04. The van der Waals surface area contributed by atoms with Gasteiger partial charge in [-0.15, -0.1) is 0 Å². The van der Waals surface area contributed by atoms with E-state index in [-0.39, 0.29) is 5.91 Å². The molecule has 0 bridgehead atoms. The molecule has 1 fully saturated rings. The summed E-state index contributed by atoms with van der Waals surface area (Å²) in [6, 6.07) is 9.36. The summed E-state index contributed by atoms with van der Waals surface area (Å²) in [4.78, 5) is 25.5. The van der Waals surface area contributed by atoms with Crippen molar-refractivity contribution in [2.24, 2.45) is 5.41 Å². The molecule has 1 aromatic rings. The number of hydrogen-bond acceptors (Lipinski definition) is 3. The van der Waals surface area contributed by atoms with E-state index < -0.39 is 11.4 Å². The highest BCUT2D eigenvalue weighted by atomic mass is 16.5. The molecule has 0 aromatic heterocycles. The number of carbonyl (C=O) groups is 2. The highest BCUT2D eigenvalue weighted by molar-refractivity contribution is 6.11. The van der Waals surface area contributed by atoms with Crippen LogP contribution >= 0.6 is 0 Å². The van der Waals surface area contributed by atoms with Gasteiger partial charge in [-0.1, -0.05) is 18.2 Å². The molecule has 1 heterocycles. The van der Waals surface area contributed by atoms with Gasteiger partial charge in [-0.25, -0.2) is 0 Å². The Morgan fingerprint density at radius 2 is 2.00 bits per heavy atom. The second-order valence-corrected chi connectivity index (χ2v) is 4.37. The zero-order valence-corrected chi connectivity index (χ0v) is 9.97. The van der Waals surface area contributed by atoms with Gasteiger partial charge in [-0.2, -0.15) is 0 Å². The summed E-state index contributed by atoms with van der Waals surface area (Å²) in [6.07, 6.45) is 0.493. The van der Waals surface area contributed by atoms with Gasteiger partial charge in [0, 0.05) is 12.2 Å². The van der Waals surface area contributed by atoms with Crippen LogP contribution in [0.2, 0.25) is 0 Å². The molecule has 0 N–H and O–H groups in total. The lowest BCUT2D eigenvalue weighted by molar-refractivity contribution is -0.155. The van der Waals surface area contributed by atoms with E-state index in [1.54, 1.807) is 11.8 Å². The van der Waals surface area contributed by atoms with Gasteiger partial charge in [0.15, 0.2) is 0 Å². The topological polar surface area (TPSA) is 46.6 Å². The van der Waals surface area contributed by atoms with Crippen molar-refractivity contribution in [2.75, 3.05) is 18.6 Å². The fraction of sp³-hybridized carbons (Fsp3) is 0.385. The monoisotopic (exact) mass is 233 g/mol. The zero-order chi connectivity index (χ0) is 12.5. The fourth-order valence-corrected chi connectivity index (χ4v) is 2.11. The van der Waals surface area contributed by atoms with Crippen LogP contribution in [0.5, 0.6) is 0 Å². The quantitative estimate of drug-likeness (QED) is 0.576. The molecule has 0 radical (unpaired) electrons. The largest absolute Gasteiger partial charge is 0.468 e. The maximum absolute atomic E-state index is 12.3. The average molecular weight is 233 g/mol. The molecular formula is C13H15NO3. The molecule has 17 heavy (non-hydrogen) atoms. The maximum Gasteiger partial charge on any atom is 0.321 e. The van der Waals surface area contributed by atoms with Crippen LogP contribution in [0.15, 0.2) is 30.3 Å². The highest BCUT2D eigenvalue weighted by Gasteiger charge is 2.50. The normalized spacial score (nSPS) is 23.9. The first-order valence-electron chi connectivity index (χ1n) is 5.55. The molecular weight excluding hydrogens is 218 g/mol. The van der Waals surface area contributed by atoms with Gasteiger partial charge < -0.3 is 9.64 Å². The van der Waals surface area contributed by atoms with E-state index in [9.17, 15) is 9.59 Å². The van der Waals surface area contributed by atoms with Crippen LogP contribution in [0.4, 0.5) is 5.69 Å². The smallest absolute Gasteiger partial charge is 0.321 e. The number of hydrogen-bond donors (Lipinski definition) is 0. The Bertz CT molecular complexity index is 443. The Morgan fingerprint density at radius 1 is 1.35 bits per heavy atom. The summed E-state index contributed by atoms with van der Waals surface area (Å²) < 4.78 is 4.71. The zero-order valence-electron chi connectivity index (χ0n) is 9.97. The van der Waals surface area contributed by atoms with Crippen molar-refractivity contribution in [1.82, 2.24) is 0 Å². The van der Waals surface area contributed by atoms with E-state index in [0.29, 0.717) is 13.0 Å². The summed E-state index contributed by atoms with van der Waals surface area (Å²) in [5.41, 5.74) is -0.213. The van der Waals surface area contributed by atoms with E-state index in [4.69, 9.17) is 4.74 Å². The van der Waals surface area contributed by atoms with Crippen LogP contribution in [-0.4, -0.2) is 25.5 Å². The third-order valence-electron chi connectivity index (χ3n) is 3.26. The molecule has 1 aromatic carbocycles. The number of para-hydroxylation sites is 1. The predicted octanol–water partition coefficient (Wildman–Crippen LogP) is 1.60. The van der Waals surface area contributed by atoms with Crippen LogP contribution in [0, 0.1) is 5.41 Å². The van der Waals surface area contributed by atoms with Crippen molar-refractivity contribution < 1.29 is 14.3 Å². The van der Waals surface area contributed by atoms with Crippen molar-refractivity contribution in [3.05, 3.63) is 30.3 Å². The number of anilines is 1. The molecule has 0 aliphatic carbocycles. The molecule has 1 saturated heterocycles. The van der Waals surface area contributed by atoms with Gasteiger partial charge in [0.1, 0.15) is 5.41 Å². The molecule has 2 rings (SSSR count). The molecule has 1 unspecified atom stereocenters. The highest BCUT2D eigenvalue weighted by Crippen LogP contribution is 2.35. The molecule has 4 nitrogen and oxygen atoms in total. The summed E-state index contributed by atoms with van der Waals surface area (Å²) in [5, 5.41) is 0. The first-order valence-corrected chi connectivity index (χ1v) is 5.55. The molecule has 1 atom stereocenters. The van der Waals surface area contributed by atoms with Crippen LogP contribution in [0.1, 0.15) is 13.3 Å². The molecule has 4 heteroatoms. The third-order valence-corrected chi connectivity index (χ3v) is 3.26. The Morgan fingerprint density at radius 3 is 2.59 bits per heavy atom. The van der Waals surface area contributed by atoms with Crippen molar-refractivity contribution >= 4 is 17.6 Å². The Labute approximate surface area is 100 Å². The van der Waals surface area contributed by atoms with Crippen molar-refractivity contribution in [3.8, 4) is 0 Å². The number of esters is 1. The number of carbonyl (C=O) groups excluding carboxylic acids is 2. The number of rotatable bonds is 2. The van der Waals surface area contributed by atoms with Gasteiger partial charge >= 0.3 is 5.97 Å². The second kappa shape index (κ2) is 4.20. The standard InChI is InChI=1S/C13H15NO3/c1-13(12(16)17-2)8-9-14(11(13)15)10-6-4-3-5-7-10/h3-7H,8-9H2,1-2H3. The van der Waals surface area contributed by atoms with Gasteiger partial charge in [0.25, 0.3) is 0 Å². The third kappa shape index (κ3) is 1.79. The number of ether oxygens (including phenoxy) is 1. The minimum absolute atomic E-state index is 0.185. The lowest BCUT2D eigenvalue weighted by Crippen LogP contribution is -2.39. The Balaban J connectivity index is 2.27. The fourth-order valence-electron chi connectivity index (χ4n) is 2.11. The first-order chi connectivity index (χ1) is 8.09. The van der Waals surface area contributed by atoms with Crippen LogP contribution in [0.3, 0.4) is 0 Å². The van der Waals surface area contributed by atoms with Crippen molar-refractivity contribution in [1.29, 1.82) is 0 Å². The predicted molar refractivity (Wildman–Crippen MR) is 63.5 cm³/mol. The summed E-state index contributed by atoms with van der Waals surface area (Å²) >= 11 is 0. The SMILES string of the molecule is COC(=O)C1(C)CCN(c2ccccc2)C1=O. The average Bonchev–Trinajstić information content (AvgIpc) is 2.67. The lowest BCUT2D eigenvalue weighted by Gasteiger charge is -2.21. The van der Waals surface area contributed by atoms with Crippen molar-refractivity contribution in [2.45, 2.75) is 13.3 Å². The Kier molecular flexibility index (Phi) is 2.88. The van der Waals surface area contributed by atoms with Gasteiger partial charge in [-0.3, -0.25) is 9.59 Å². The van der Waals surface area contributed by atoms with Gasteiger partial charge in [0.2, 0.25) is 5.91 Å². The van der Waals surface area contributed by atoms with E-state index in [1.807, 2.05) is 30.3 Å². The molecule has 1 aliphatic rings. The maximum atomic E-state index is 12.3. The number of benzene rings is 1. The number of amides is 1. The van der Waals surface area contributed by atoms with Crippen LogP contribution < -0.4 is 4.90 Å². The summed E-state index contributed by atoms with van der Waals surface area (Å²) in [7, 11) is 1.31. The minimum Gasteiger partial charge on any atom is -0.468 e. The van der Waals surface area contributed by atoms with E-state index in [0.717, 1.165) is 5.69 Å². The van der Waals surface area contributed by atoms with Crippen molar-refractivity contribution in [3.63, 3.8) is 0 Å². The number of methoxy groups -OCH3 is 1. The second-order valence-electron chi connectivity index (χ2n) is 4.37. The first kappa shape index (κ1) is 11.6. The summed E-state index contributed by atoms with van der Waals surface area (Å²) in [5.74, 6) is -0.642. The molecule has 0 spiro atoms. The summed E-state index contributed by atoms with van der Waals surface area (Å²) in [6.45, 7) is 2.19. The molecule has 90 valence electrons. The molecule has 1 amide bonds. The van der Waals surface area contributed by atoms with Crippen LogP contribution in [-0.2, 0) is 14.3 Å². The Hall–Kier alpha value is -1.84. The lowest BCUT2D eigenvalue weighted by atomic mass is 9.89. The van der Waals surface area contributed by atoms with Crippen LogP contribution in [0.25, 0.3) is 0 Å². The molecule has 1 aliphatic heterocycles. The van der Waals surface area contributed by atoms with E-state index >= 15 is 0 Å². The van der Waals surface area contributed by atoms with E-state index in [2.05, 4.69) is 0 Å². The van der Waals surface area contributed by atoms with Gasteiger partial charge in [-0.05, 0) is 25.5 Å². The number of nitrogens with zero attached hydrogens (tertiary/aromatic N) is 1. The molecule has 0 saturated carbocycles.